The number of carbonyl (C=O) groups is 1. The van der Waals surface area contributed by atoms with Crippen molar-refractivity contribution in [1.82, 2.24) is 5.32 Å². The van der Waals surface area contributed by atoms with Crippen molar-refractivity contribution in [3.63, 3.8) is 0 Å². The average molecular weight is 286 g/mol. The highest BCUT2D eigenvalue weighted by molar-refractivity contribution is 5.84. The molecule has 3 nitrogen and oxygen atoms in total. The molecule has 1 aromatic carbocycles. The molecule has 0 radical (unpaired) electrons. The predicted octanol–water partition coefficient (Wildman–Crippen LogP) is 2.60. The van der Waals surface area contributed by atoms with E-state index in [-0.39, 0.29) is 11.8 Å². The van der Waals surface area contributed by atoms with Gasteiger partial charge in [-0.25, -0.2) is 0 Å². The van der Waals surface area contributed by atoms with Gasteiger partial charge in [0.25, 0.3) is 0 Å². The molecule has 0 heterocycles. The molecule has 2 aliphatic carbocycles. The fourth-order valence-corrected chi connectivity index (χ4v) is 4.07. The number of nitrogens with two attached hydrogens (primary N) is 1. The number of aryl methyl sites for hydroxylation is 1. The topological polar surface area (TPSA) is 55.1 Å². The molecule has 1 aromatic rings. The molecule has 3 heteroatoms. The van der Waals surface area contributed by atoms with Crippen LogP contribution in [-0.2, 0) is 11.2 Å². The summed E-state index contributed by atoms with van der Waals surface area (Å²) in [6.45, 7) is 1.56. The van der Waals surface area contributed by atoms with Crippen molar-refractivity contribution in [1.29, 1.82) is 0 Å². The quantitative estimate of drug-likeness (QED) is 0.894. The van der Waals surface area contributed by atoms with Gasteiger partial charge in [0.15, 0.2) is 0 Å². The van der Waals surface area contributed by atoms with Crippen LogP contribution in [0.25, 0.3) is 0 Å². The Bertz CT molecular complexity index is 500. The molecule has 2 aliphatic rings. The van der Waals surface area contributed by atoms with E-state index >= 15 is 0 Å². The first-order chi connectivity index (χ1) is 10.3. The Morgan fingerprint density at radius 1 is 1.14 bits per heavy atom. The molecule has 21 heavy (non-hydrogen) atoms. The summed E-state index contributed by atoms with van der Waals surface area (Å²) in [6, 6.07) is 8.41. The number of fused-ring (bicyclic) bond motifs is 1. The lowest BCUT2D eigenvalue weighted by atomic mass is 9.82. The fourth-order valence-electron chi connectivity index (χ4n) is 4.07. The van der Waals surface area contributed by atoms with Gasteiger partial charge in [-0.3, -0.25) is 4.79 Å². The van der Waals surface area contributed by atoms with Gasteiger partial charge in [0.2, 0.25) is 5.91 Å². The largest absolute Gasteiger partial charge is 0.355 e. The zero-order valence-electron chi connectivity index (χ0n) is 12.7. The smallest absolute Gasteiger partial charge is 0.227 e. The van der Waals surface area contributed by atoms with Crippen LogP contribution in [0.5, 0.6) is 0 Å². The molecule has 0 bridgehead atoms. The standard InChI is InChI=1S/C18H26N2O/c19-11-14-7-3-8-15(14)12-20-18(21)17-10-4-6-13-5-1-2-9-16(13)17/h1-2,5,9,14-15,17H,3-4,6-8,10-12,19H2,(H,20,21). The minimum Gasteiger partial charge on any atom is -0.355 e. The first kappa shape index (κ1) is 14.6. The van der Waals surface area contributed by atoms with Crippen LogP contribution in [-0.4, -0.2) is 19.0 Å². The van der Waals surface area contributed by atoms with Crippen LogP contribution in [0.4, 0.5) is 0 Å². The van der Waals surface area contributed by atoms with Gasteiger partial charge in [0, 0.05) is 6.54 Å². The van der Waals surface area contributed by atoms with E-state index < -0.39 is 0 Å². The molecular weight excluding hydrogens is 260 g/mol. The SMILES string of the molecule is NCC1CCCC1CNC(=O)C1CCCc2ccccc21. The Morgan fingerprint density at radius 2 is 1.95 bits per heavy atom. The average Bonchev–Trinajstić information content (AvgIpc) is 2.99. The number of rotatable bonds is 4. The second-order valence-electron chi connectivity index (χ2n) is 6.58. The van der Waals surface area contributed by atoms with Crippen LogP contribution < -0.4 is 11.1 Å². The van der Waals surface area contributed by atoms with Crippen LogP contribution in [0, 0.1) is 11.8 Å². The summed E-state index contributed by atoms with van der Waals surface area (Å²) >= 11 is 0. The maximum atomic E-state index is 12.6. The second-order valence-corrected chi connectivity index (χ2v) is 6.58. The van der Waals surface area contributed by atoms with Crippen molar-refractivity contribution in [2.45, 2.75) is 44.4 Å². The van der Waals surface area contributed by atoms with E-state index in [0.29, 0.717) is 11.8 Å². The normalized spacial score (nSPS) is 28.1. The maximum Gasteiger partial charge on any atom is 0.227 e. The molecule has 1 amide bonds. The zero-order chi connectivity index (χ0) is 14.7. The number of carbonyl (C=O) groups excluding carboxylic acids is 1. The Labute approximate surface area is 127 Å². The molecular formula is C18H26N2O. The van der Waals surface area contributed by atoms with Gasteiger partial charge in [0.05, 0.1) is 5.92 Å². The summed E-state index contributed by atoms with van der Waals surface area (Å²) in [7, 11) is 0. The summed E-state index contributed by atoms with van der Waals surface area (Å²) in [5.41, 5.74) is 8.41. The molecule has 0 aromatic heterocycles. The minimum atomic E-state index is 0.0488. The molecule has 3 unspecified atom stereocenters. The number of hydrogen-bond acceptors (Lipinski definition) is 2. The molecule has 3 N–H and O–H groups in total. The lowest BCUT2D eigenvalue weighted by molar-refractivity contribution is -0.123. The number of amides is 1. The highest BCUT2D eigenvalue weighted by atomic mass is 16.1. The van der Waals surface area contributed by atoms with Crippen molar-refractivity contribution in [2.75, 3.05) is 13.1 Å². The molecule has 0 aliphatic heterocycles. The van der Waals surface area contributed by atoms with Crippen LogP contribution in [0.1, 0.15) is 49.1 Å². The highest BCUT2D eigenvalue weighted by Crippen LogP contribution is 2.33. The van der Waals surface area contributed by atoms with Crippen LogP contribution >= 0.6 is 0 Å². The summed E-state index contributed by atoms with van der Waals surface area (Å²) in [4.78, 5) is 12.6. The van der Waals surface area contributed by atoms with Crippen LogP contribution in [0.3, 0.4) is 0 Å². The third kappa shape index (κ3) is 3.13. The first-order valence-corrected chi connectivity index (χ1v) is 8.35. The van der Waals surface area contributed by atoms with Gasteiger partial charge in [-0.2, -0.15) is 0 Å². The van der Waals surface area contributed by atoms with Gasteiger partial charge in [0.1, 0.15) is 0 Å². The third-order valence-corrected chi connectivity index (χ3v) is 5.34. The number of hydrogen-bond donors (Lipinski definition) is 2. The Hall–Kier alpha value is -1.35. The second kappa shape index (κ2) is 6.61. The molecule has 1 fully saturated rings. The lowest BCUT2D eigenvalue weighted by Crippen LogP contribution is -2.36. The number of nitrogens with one attached hydrogen (secondary N) is 1. The fraction of sp³-hybridized carbons (Fsp3) is 0.611. The summed E-state index contributed by atoms with van der Waals surface area (Å²) in [5.74, 6) is 1.44. The van der Waals surface area contributed by atoms with Crippen LogP contribution in [0.2, 0.25) is 0 Å². The van der Waals surface area contributed by atoms with E-state index in [1.165, 1.54) is 30.4 Å². The van der Waals surface area contributed by atoms with Crippen molar-refractivity contribution in [2.24, 2.45) is 17.6 Å². The van der Waals surface area contributed by atoms with Crippen molar-refractivity contribution in [3.05, 3.63) is 35.4 Å². The monoisotopic (exact) mass is 286 g/mol. The summed E-state index contributed by atoms with van der Waals surface area (Å²) < 4.78 is 0. The lowest BCUT2D eigenvalue weighted by Gasteiger charge is -2.26. The molecule has 0 saturated heterocycles. The highest BCUT2D eigenvalue weighted by Gasteiger charge is 2.29. The third-order valence-electron chi connectivity index (χ3n) is 5.34. The van der Waals surface area contributed by atoms with Gasteiger partial charge in [-0.05, 0) is 61.6 Å². The molecule has 3 atom stereocenters. The number of benzene rings is 1. The van der Waals surface area contributed by atoms with Crippen molar-refractivity contribution in [3.8, 4) is 0 Å². The minimum absolute atomic E-state index is 0.0488. The molecule has 1 saturated carbocycles. The van der Waals surface area contributed by atoms with E-state index in [1.807, 2.05) is 6.07 Å². The van der Waals surface area contributed by atoms with Crippen LogP contribution in [0.15, 0.2) is 24.3 Å². The summed E-state index contributed by atoms with van der Waals surface area (Å²) in [6.07, 6.45) is 6.90. The van der Waals surface area contributed by atoms with Gasteiger partial charge < -0.3 is 11.1 Å². The van der Waals surface area contributed by atoms with Crippen molar-refractivity contribution < 1.29 is 4.79 Å². The van der Waals surface area contributed by atoms with Gasteiger partial charge in [-0.15, -0.1) is 0 Å². The summed E-state index contributed by atoms with van der Waals surface area (Å²) in [5, 5.41) is 3.21. The van der Waals surface area contributed by atoms with Crippen molar-refractivity contribution >= 4 is 5.91 Å². The van der Waals surface area contributed by atoms with Gasteiger partial charge >= 0.3 is 0 Å². The van der Waals surface area contributed by atoms with E-state index in [0.717, 1.165) is 32.4 Å². The van der Waals surface area contributed by atoms with Gasteiger partial charge in [-0.1, -0.05) is 30.7 Å². The molecule has 114 valence electrons. The zero-order valence-corrected chi connectivity index (χ0v) is 12.7. The predicted molar refractivity (Wildman–Crippen MR) is 85.0 cm³/mol. The molecule has 0 spiro atoms. The van der Waals surface area contributed by atoms with E-state index in [9.17, 15) is 4.79 Å². The first-order valence-electron chi connectivity index (χ1n) is 8.35. The van der Waals surface area contributed by atoms with E-state index in [1.54, 1.807) is 0 Å². The van der Waals surface area contributed by atoms with E-state index in [2.05, 4.69) is 23.5 Å². The molecule has 3 rings (SSSR count). The Morgan fingerprint density at radius 3 is 2.81 bits per heavy atom. The Kier molecular flexibility index (Phi) is 4.59. The van der Waals surface area contributed by atoms with E-state index in [4.69, 9.17) is 5.73 Å². The Balaban J connectivity index is 1.61. The maximum absolute atomic E-state index is 12.6.